The largest absolute Gasteiger partial charge is 0.489 e. The Balaban J connectivity index is 1.40. The first-order chi connectivity index (χ1) is 16.4. The summed E-state index contributed by atoms with van der Waals surface area (Å²) in [4.78, 5) is 13.0. The SMILES string of the molecule is O=C(Nc1ccc(S(=O)(=O)N2CCCCCC2)cc1)c1cccc(OCc2ccccc2Cl)c1. The Morgan fingerprint density at radius 2 is 1.62 bits per heavy atom. The molecule has 0 aromatic heterocycles. The Kier molecular flexibility index (Phi) is 7.88. The molecule has 0 aliphatic carbocycles. The number of sulfonamides is 1. The monoisotopic (exact) mass is 498 g/mol. The predicted molar refractivity (Wildman–Crippen MR) is 134 cm³/mol. The quantitative estimate of drug-likeness (QED) is 0.451. The average molecular weight is 499 g/mol. The van der Waals surface area contributed by atoms with Crippen LogP contribution in [0.5, 0.6) is 5.75 Å². The van der Waals surface area contributed by atoms with E-state index in [1.165, 1.54) is 0 Å². The number of benzene rings is 3. The summed E-state index contributed by atoms with van der Waals surface area (Å²) < 4.78 is 33.2. The Hall–Kier alpha value is -2.87. The number of ether oxygens (including phenoxy) is 1. The highest BCUT2D eigenvalue weighted by Crippen LogP contribution is 2.23. The van der Waals surface area contributed by atoms with E-state index >= 15 is 0 Å². The number of rotatable bonds is 7. The van der Waals surface area contributed by atoms with E-state index in [-0.39, 0.29) is 17.4 Å². The molecule has 0 radical (unpaired) electrons. The molecule has 0 bridgehead atoms. The standard InChI is InChI=1S/C26H27ClN2O4S/c27-25-11-4-3-8-21(25)19-33-23-10-7-9-20(18-23)26(30)28-22-12-14-24(15-13-22)34(31,32)29-16-5-1-2-6-17-29/h3-4,7-15,18H,1-2,5-6,16-17,19H2,(H,28,30). The van der Waals surface area contributed by atoms with E-state index in [1.807, 2.05) is 18.2 Å². The first kappa shape index (κ1) is 24.3. The highest BCUT2D eigenvalue weighted by molar-refractivity contribution is 7.89. The minimum atomic E-state index is -3.53. The third-order valence-corrected chi connectivity index (χ3v) is 8.04. The second-order valence-corrected chi connectivity index (χ2v) is 10.5. The molecular weight excluding hydrogens is 472 g/mol. The highest BCUT2D eigenvalue weighted by atomic mass is 35.5. The minimum absolute atomic E-state index is 0.238. The van der Waals surface area contributed by atoms with Gasteiger partial charge in [0.1, 0.15) is 12.4 Å². The van der Waals surface area contributed by atoms with Gasteiger partial charge in [-0.3, -0.25) is 4.79 Å². The van der Waals surface area contributed by atoms with Crippen LogP contribution in [-0.2, 0) is 16.6 Å². The van der Waals surface area contributed by atoms with Gasteiger partial charge in [0.15, 0.2) is 0 Å². The predicted octanol–water partition coefficient (Wildman–Crippen LogP) is 5.74. The zero-order valence-corrected chi connectivity index (χ0v) is 20.3. The van der Waals surface area contributed by atoms with Crippen molar-refractivity contribution >= 4 is 33.2 Å². The maximum absolute atomic E-state index is 12.9. The fraction of sp³-hybridized carbons (Fsp3) is 0.269. The zero-order chi connectivity index (χ0) is 24.0. The number of nitrogens with one attached hydrogen (secondary N) is 1. The zero-order valence-electron chi connectivity index (χ0n) is 18.7. The number of amides is 1. The molecular formula is C26H27ClN2O4S. The first-order valence-electron chi connectivity index (χ1n) is 11.3. The molecule has 1 aliphatic rings. The molecule has 0 spiro atoms. The molecule has 1 aliphatic heterocycles. The van der Waals surface area contributed by atoms with Crippen molar-refractivity contribution in [2.24, 2.45) is 0 Å². The van der Waals surface area contributed by atoms with E-state index in [0.717, 1.165) is 31.2 Å². The number of carbonyl (C=O) groups is 1. The molecule has 34 heavy (non-hydrogen) atoms. The van der Waals surface area contributed by atoms with Crippen molar-refractivity contribution in [1.29, 1.82) is 0 Å². The molecule has 0 atom stereocenters. The highest BCUT2D eigenvalue weighted by Gasteiger charge is 2.25. The molecule has 1 amide bonds. The number of anilines is 1. The smallest absolute Gasteiger partial charge is 0.255 e. The van der Waals surface area contributed by atoms with Gasteiger partial charge in [0.05, 0.1) is 4.90 Å². The van der Waals surface area contributed by atoms with Gasteiger partial charge < -0.3 is 10.1 Å². The van der Waals surface area contributed by atoms with Gasteiger partial charge in [-0.25, -0.2) is 8.42 Å². The minimum Gasteiger partial charge on any atom is -0.489 e. The van der Waals surface area contributed by atoms with Crippen molar-refractivity contribution in [3.8, 4) is 5.75 Å². The lowest BCUT2D eigenvalue weighted by atomic mass is 10.2. The number of hydrogen-bond donors (Lipinski definition) is 1. The molecule has 1 fully saturated rings. The Morgan fingerprint density at radius 3 is 2.32 bits per heavy atom. The second kappa shape index (κ2) is 11.0. The molecule has 4 rings (SSSR count). The van der Waals surface area contributed by atoms with Crippen LogP contribution in [0.15, 0.2) is 77.7 Å². The fourth-order valence-corrected chi connectivity index (χ4v) is 5.56. The van der Waals surface area contributed by atoms with Crippen LogP contribution in [0.2, 0.25) is 5.02 Å². The molecule has 1 heterocycles. The average Bonchev–Trinajstić information content (AvgIpc) is 3.14. The van der Waals surface area contributed by atoms with Crippen LogP contribution in [0.1, 0.15) is 41.6 Å². The van der Waals surface area contributed by atoms with E-state index in [4.69, 9.17) is 16.3 Å². The fourth-order valence-electron chi connectivity index (χ4n) is 3.85. The van der Waals surface area contributed by atoms with Gasteiger partial charge in [0.2, 0.25) is 10.0 Å². The van der Waals surface area contributed by atoms with Gasteiger partial charge in [-0.2, -0.15) is 4.31 Å². The summed E-state index contributed by atoms with van der Waals surface area (Å²) in [6, 6.07) is 20.6. The van der Waals surface area contributed by atoms with Crippen LogP contribution >= 0.6 is 11.6 Å². The lowest BCUT2D eigenvalue weighted by Crippen LogP contribution is -2.31. The Labute approximate surface area is 205 Å². The van der Waals surface area contributed by atoms with E-state index in [2.05, 4.69) is 5.32 Å². The normalized spacial score (nSPS) is 14.9. The number of hydrogen-bond acceptors (Lipinski definition) is 4. The van der Waals surface area contributed by atoms with E-state index in [9.17, 15) is 13.2 Å². The third kappa shape index (κ3) is 5.97. The summed E-state index contributed by atoms with van der Waals surface area (Å²) in [6.07, 6.45) is 3.88. The van der Waals surface area contributed by atoms with Crippen LogP contribution in [0.25, 0.3) is 0 Å². The van der Waals surface area contributed by atoms with Crippen LogP contribution in [-0.4, -0.2) is 31.7 Å². The summed E-state index contributed by atoms with van der Waals surface area (Å²) >= 11 is 6.17. The first-order valence-corrected chi connectivity index (χ1v) is 13.1. The third-order valence-electron chi connectivity index (χ3n) is 5.76. The Bertz CT molecular complexity index is 1240. The van der Waals surface area contributed by atoms with E-state index in [0.29, 0.717) is 35.1 Å². The molecule has 1 saturated heterocycles. The summed E-state index contributed by atoms with van der Waals surface area (Å²) in [5.74, 6) is 0.234. The molecule has 0 saturated carbocycles. The maximum Gasteiger partial charge on any atom is 0.255 e. The maximum atomic E-state index is 12.9. The van der Waals surface area contributed by atoms with Crippen molar-refractivity contribution in [1.82, 2.24) is 4.31 Å². The summed E-state index contributed by atoms with van der Waals surface area (Å²) in [7, 11) is -3.53. The molecule has 6 nitrogen and oxygen atoms in total. The van der Waals surface area contributed by atoms with Gasteiger partial charge in [0, 0.05) is 34.9 Å². The van der Waals surface area contributed by atoms with Crippen LogP contribution in [0, 0.1) is 0 Å². The van der Waals surface area contributed by atoms with Gasteiger partial charge in [-0.15, -0.1) is 0 Å². The van der Waals surface area contributed by atoms with Gasteiger partial charge >= 0.3 is 0 Å². The van der Waals surface area contributed by atoms with Crippen molar-refractivity contribution in [2.45, 2.75) is 37.2 Å². The molecule has 8 heteroatoms. The number of nitrogens with zero attached hydrogens (tertiary/aromatic N) is 1. The van der Waals surface area contributed by atoms with Crippen molar-refractivity contribution in [2.75, 3.05) is 18.4 Å². The number of carbonyl (C=O) groups excluding carboxylic acids is 1. The van der Waals surface area contributed by atoms with Gasteiger partial charge in [0.25, 0.3) is 5.91 Å². The van der Waals surface area contributed by atoms with E-state index < -0.39 is 10.0 Å². The molecule has 0 unspecified atom stereocenters. The van der Waals surface area contributed by atoms with Gasteiger partial charge in [-0.1, -0.05) is 48.7 Å². The van der Waals surface area contributed by atoms with Crippen molar-refractivity contribution in [3.63, 3.8) is 0 Å². The number of halogens is 1. The summed E-state index contributed by atoms with van der Waals surface area (Å²) in [5, 5.41) is 3.44. The molecule has 178 valence electrons. The summed E-state index contributed by atoms with van der Waals surface area (Å²) in [6.45, 7) is 1.39. The van der Waals surface area contributed by atoms with Crippen LogP contribution in [0.3, 0.4) is 0 Å². The van der Waals surface area contributed by atoms with Crippen LogP contribution < -0.4 is 10.1 Å². The lowest BCUT2D eigenvalue weighted by Gasteiger charge is -2.20. The summed E-state index contributed by atoms with van der Waals surface area (Å²) in [5.41, 5.74) is 1.80. The lowest BCUT2D eigenvalue weighted by molar-refractivity contribution is 0.102. The second-order valence-electron chi connectivity index (χ2n) is 8.20. The van der Waals surface area contributed by atoms with E-state index in [1.54, 1.807) is 58.9 Å². The molecule has 1 N–H and O–H groups in total. The van der Waals surface area contributed by atoms with Crippen LogP contribution in [0.4, 0.5) is 5.69 Å². The Morgan fingerprint density at radius 1 is 0.912 bits per heavy atom. The van der Waals surface area contributed by atoms with Crippen molar-refractivity contribution in [3.05, 3.63) is 88.9 Å². The van der Waals surface area contributed by atoms with Crippen molar-refractivity contribution < 1.29 is 17.9 Å². The molecule has 3 aromatic rings. The van der Waals surface area contributed by atoms with Gasteiger partial charge in [-0.05, 0) is 61.4 Å². The molecule has 3 aromatic carbocycles. The topological polar surface area (TPSA) is 75.7 Å².